The third kappa shape index (κ3) is 6.52. The Morgan fingerprint density at radius 2 is 0.889 bits per heavy atom. The van der Waals surface area contributed by atoms with Crippen molar-refractivity contribution in [2.45, 2.75) is 5.41 Å². The summed E-state index contributed by atoms with van der Waals surface area (Å²) >= 11 is 0. The fraction of sp³-hybridized carbons (Fsp3) is 0.0145. The maximum atomic E-state index is 10.5. The van der Waals surface area contributed by atoms with Gasteiger partial charge in [0.15, 0.2) is 0 Å². The molecule has 1 atom stereocenters. The standard InChI is InChI=1S/C69H47N3/c1-5-24-53(25-6-1)70(54-26-7-2-8-27-54)57-39-42-64-62(46-57)63-47-58(71(55-28-9-3-10-29-55)66-35-19-23-49-21-15-16-32-59(49)66)40-43-65(63)69(64,51-37-36-48-20-13-14-22-50(48)44-51)52-38-41-61-60-33-17-18-34-67(60)72(68(61)45-52)56-30-11-4-12-31-56/h1-47H/i13D,14D,20D,22D,36D,37D,44D. The predicted molar refractivity (Wildman–Crippen MR) is 302 cm³/mol. The minimum atomic E-state index is -1.52. The van der Waals surface area contributed by atoms with Gasteiger partial charge in [-0.15, -0.1) is 0 Å². The van der Waals surface area contributed by atoms with Crippen LogP contribution in [0.15, 0.2) is 285 Å². The van der Waals surface area contributed by atoms with Crippen molar-refractivity contribution in [1.29, 1.82) is 0 Å². The molecule has 3 heteroatoms. The highest BCUT2D eigenvalue weighted by Gasteiger charge is 2.47. The van der Waals surface area contributed by atoms with Gasteiger partial charge in [-0.05, 0) is 147 Å². The van der Waals surface area contributed by atoms with Crippen molar-refractivity contribution >= 4 is 77.5 Å². The Bertz CT molecular complexity index is 4540. The molecule has 1 aliphatic carbocycles. The van der Waals surface area contributed by atoms with E-state index in [1.54, 1.807) is 0 Å². The van der Waals surface area contributed by atoms with E-state index in [4.69, 9.17) is 4.11 Å². The van der Waals surface area contributed by atoms with Crippen LogP contribution in [0, 0.1) is 0 Å². The lowest BCUT2D eigenvalue weighted by Crippen LogP contribution is -2.28. The van der Waals surface area contributed by atoms with Gasteiger partial charge in [0.05, 0.1) is 31.7 Å². The molecule has 0 saturated carbocycles. The third-order valence-electron chi connectivity index (χ3n) is 14.4. The second-order valence-corrected chi connectivity index (χ2v) is 18.3. The van der Waals surface area contributed by atoms with E-state index in [-0.39, 0.29) is 34.5 Å². The van der Waals surface area contributed by atoms with Gasteiger partial charge in [-0.25, -0.2) is 0 Å². The number of fused-ring (bicyclic) bond motifs is 8. The second kappa shape index (κ2) is 16.9. The molecule has 0 N–H and O–H groups in total. The summed E-state index contributed by atoms with van der Waals surface area (Å²) in [5.41, 5.74) is 10.9. The minimum absolute atomic E-state index is 0.102. The molecule has 0 radical (unpaired) electrons. The Morgan fingerprint density at radius 3 is 1.57 bits per heavy atom. The summed E-state index contributed by atoms with van der Waals surface area (Å²) < 4.78 is 69.1. The van der Waals surface area contributed by atoms with Crippen LogP contribution in [0.1, 0.15) is 31.8 Å². The van der Waals surface area contributed by atoms with Crippen LogP contribution in [0.3, 0.4) is 0 Å². The van der Waals surface area contributed by atoms with Crippen molar-refractivity contribution in [3.05, 3.63) is 307 Å². The van der Waals surface area contributed by atoms with Crippen molar-refractivity contribution < 1.29 is 9.60 Å². The highest BCUT2D eigenvalue weighted by Crippen LogP contribution is 2.59. The van der Waals surface area contributed by atoms with E-state index in [0.29, 0.717) is 0 Å². The van der Waals surface area contributed by atoms with Gasteiger partial charge in [-0.3, -0.25) is 0 Å². The molecule has 0 aliphatic heterocycles. The molecule has 0 saturated heterocycles. The molecule has 0 fully saturated rings. The molecule has 72 heavy (non-hydrogen) atoms. The fourth-order valence-corrected chi connectivity index (χ4v) is 11.3. The molecule has 12 aromatic carbocycles. The van der Waals surface area contributed by atoms with Crippen LogP contribution in [-0.2, 0) is 5.41 Å². The first kappa shape index (κ1) is 34.8. The van der Waals surface area contributed by atoms with Crippen molar-refractivity contribution in [2.24, 2.45) is 0 Å². The molecule has 1 aromatic heterocycles. The summed E-state index contributed by atoms with van der Waals surface area (Å²) in [6.07, 6.45) is 0. The van der Waals surface area contributed by atoms with Crippen LogP contribution in [0.4, 0.5) is 34.1 Å². The highest BCUT2D eigenvalue weighted by atomic mass is 15.1. The Balaban J connectivity index is 1.15. The normalized spacial score (nSPS) is 15.2. The zero-order valence-corrected chi connectivity index (χ0v) is 38.9. The van der Waals surface area contributed by atoms with Crippen LogP contribution in [0.25, 0.3) is 60.2 Å². The molecule has 3 nitrogen and oxygen atoms in total. The number of nitrogens with zero attached hydrogens (tertiary/aromatic N) is 3. The van der Waals surface area contributed by atoms with E-state index in [9.17, 15) is 5.48 Å². The Hall–Kier alpha value is -9.44. The Morgan fingerprint density at radius 1 is 0.347 bits per heavy atom. The van der Waals surface area contributed by atoms with Crippen molar-refractivity contribution in [3.8, 4) is 16.8 Å². The molecule has 0 amide bonds. The van der Waals surface area contributed by atoms with E-state index in [0.717, 1.165) is 100 Å². The maximum absolute atomic E-state index is 10.5. The number of anilines is 6. The van der Waals surface area contributed by atoms with E-state index >= 15 is 0 Å². The molecule has 1 heterocycles. The molecule has 1 unspecified atom stereocenters. The molecule has 0 bridgehead atoms. The number of aromatic nitrogens is 1. The number of rotatable bonds is 9. The van der Waals surface area contributed by atoms with Gasteiger partial charge in [-0.2, -0.15) is 0 Å². The molecule has 13 aromatic rings. The van der Waals surface area contributed by atoms with Gasteiger partial charge in [-0.1, -0.05) is 188 Å². The van der Waals surface area contributed by atoms with E-state index in [1.165, 1.54) is 0 Å². The smallest absolute Gasteiger partial charge is 0.0714 e. The van der Waals surface area contributed by atoms with Gasteiger partial charge < -0.3 is 14.4 Å². The van der Waals surface area contributed by atoms with Gasteiger partial charge in [0.25, 0.3) is 0 Å². The lowest BCUT2D eigenvalue weighted by molar-refractivity contribution is 0.771. The average molecular weight is 925 g/mol. The topological polar surface area (TPSA) is 11.4 Å². The van der Waals surface area contributed by atoms with Gasteiger partial charge in [0, 0.05) is 50.3 Å². The maximum Gasteiger partial charge on any atom is 0.0714 e. The first-order chi connectivity index (χ1) is 38.6. The summed E-state index contributed by atoms with van der Waals surface area (Å²) in [6.45, 7) is 0. The zero-order chi connectivity index (χ0) is 53.7. The van der Waals surface area contributed by atoms with Gasteiger partial charge in [0.1, 0.15) is 0 Å². The zero-order valence-electron chi connectivity index (χ0n) is 45.9. The van der Waals surface area contributed by atoms with Crippen molar-refractivity contribution in [3.63, 3.8) is 0 Å². The van der Waals surface area contributed by atoms with Crippen LogP contribution >= 0.6 is 0 Å². The number of benzene rings is 12. The van der Waals surface area contributed by atoms with Gasteiger partial charge in [0.2, 0.25) is 0 Å². The Labute approximate surface area is 429 Å². The van der Waals surface area contributed by atoms with E-state index in [1.807, 2.05) is 84.9 Å². The monoisotopic (exact) mass is 924 g/mol. The number of hydrogen-bond acceptors (Lipinski definition) is 2. The molecule has 0 spiro atoms. The van der Waals surface area contributed by atoms with Gasteiger partial charge >= 0.3 is 0 Å². The first-order valence-electron chi connectivity index (χ1n) is 27.8. The minimum Gasteiger partial charge on any atom is -0.310 e. The average Bonchev–Trinajstić information content (AvgIpc) is 2.55. The largest absolute Gasteiger partial charge is 0.310 e. The van der Waals surface area contributed by atoms with Crippen LogP contribution in [0.2, 0.25) is 0 Å². The summed E-state index contributed by atoms with van der Waals surface area (Å²) in [6, 6.07) is 80.5. The van der Waals surface area contributed by atoms with Crippen LogP contribution in [0.5, 0.6) is 0 Å². The Kier molecular flexibility index (Phi) is 8.17. The summed E-state index contributed by atoms with van der Waals surface area (Å²) in [7, 11) is 0. The summed E-state index contributed by atoms with van der Waals surface area (Å²) in [5, 5.41) is 3.96. The van der Waals surface area contributed by atoms with Crippen LogP contribution in [-0.4, -0.2) is 4.57 Å². The number of para-hydroxylation sites is 5. The summed E-state index contributed by atoms with van der Waals surface area (Å²) in [4.78, 5) is 4.50. The highest BCUT2D eigenvalue weighted by molar-refractivity contribution is 6.10. The lowest BCUT2D eigenvalue weighted by Gasteiger charge is -2.35. The summed E-state index contributed by atoms with van der Waals surface area (Å²) in [5.74, 6) is 0. The van der Waals surface area contributed by atoms with Crippen molar-refractivity contribution in [1.82, 2.24) is 4.57 Å². The first-order valence-corrected chi connectivity index (χ1v) is 24.3. The SMILES string of the molecule is [2H]c1c([2H])c([2H])c2c([2H])c(C3(c4ccc5c6ccccc6n(-c6ccccc6)c5c4)c4ccc(N(c5ccccc5)c5ccccc5)cc4-c4cc(N(c5ccccc5)c5cccc6ccccc56)ccc43)c([2H])c([2H])c2c1[2H]. The third-order valence-corrected chi connectivity index (χ3v) is 14.4. The molecule has 338 valence electrons. The van der Waals surface area contributed by atoms with Crippen molar-refractivity contribution in [2.75, 3.05) is 9.80 Å². The molecular weight excluding hydrogens is 871 g/mol. The fourth-order valence-electron chi connectivity index (χ4n) is 11.3. The second-order valence-electron chi connectivity index (χ2n) is 18.3. The number of hydrogen-bond donors (Lipinski definition) is 0. The molecule has 14 rings (SSSR count). The molecular formula is C69H47N3. The van der Waals surface area contributed by atoms with E-state index in [2.05, 4.69) is 172 Å². The lowest BCUT2D eigenvalue weighted by atomic mass is 9.67. The predicted octanol–water partition coefficient (Wildman–Crippen LogP) is 18.4. The molecule has 1 aliphatic rings. The van der Waals surface area contributed by atoms with Crippen LogP contribution < -0.4 is 9.80 Å². The quantitative estimate of drug-likeness (QED) is 0.143. The van der Waals surface area contributed by atoms with E-state index < -0.39 is 29.6 Å².